The van der Waals surface area contributed by atoms with Crippen molar-refractivity contribution < 1.29 is 21.9 Å². The Bertz CT molecular complexity index is 858. The molecular formula is C17H22N2O5S2. The molecule has 0 aliphatic heterocycles. The number of rotatable bonds is 8. The Balaban J connectivity index is 1.91. The molecule has 0 spiro atoms. The van der Waals surface area contributed by atoms with Crippen LogP contribution in [0.15, 0.2) is 58.3 Å². The van der Waals surface area contributed by atoms with Crippen LogP contribution in [0.2, 0.25) is 0 Å². The molecule has 9 heteroatoms. The van der Waals surface area contributed by atoms with Crippen LogP contribution in [0.3, 0.4) is 0 Å². The maximum Gasteiger partial charge on any atom is 0.240 e. The molecule has 7 nitrogen and oxygen atoms in total. The van der Waals surface area contributed by atoms with E-state index in [4.69, 9.17) is 0 Å². The van der Waals surface area contributed by atoms with Crippen molar-refractivity contribution in [3.8, 4) is 0 Å². The monoisotopic (exact) mass is 398 g/mol. The van der Waals surface area contributed by atoms with Gasteiger partial charge in [0.25, 0.3) is 0 Å². The molecule has 0 unspecified atom stereocenters. The molecule has 2 rings (SSSR count). The standard InChI is InChI=1S/C17H22N2O5S2/c1-13-3-7-16(8-4-13)25(21,22)18-11-15(20)12-19-26(23,24)17-9-5-14(2)6-10-17/h3-10,15,18-20H,11-12H2,1-2H3. The van der Waals surface area contributed by atoms with E-state index in [2.05, 4.69) is 9.44 Å². The summed E-state index contributed by atoms with van der Waals surface area (Å²) in [6.45, 7) is 3.06. The Kier molecular flexibility index (Phi) is 6.53. The molecule has 0 bridgehead atoms. The topological polar surface area (TPSA) is 113 Å². The number of hydrogen-bond donors (Lipinski definition) is 3. The minimum Gasteiger partial charge on any atom is -0.390 e. The first-order valence-electron chi connectivity index (χ1n) is 7.91. The van der Waals surface area contributed by atoms with Gasteiger partial charge in [-0.25, -0.2) is 26.3 Å². The molecule has 2 aromatic carbocycles. The highest BCUT2D eigenvalue weighted by atomic mass is 32.2. The normalized spacial score (nSPS) is 12.5. The van der Waals surface area contributed by atoms with E-state index in [-0.39, 0.29) is 22.9 Å². The summed E-state index contributed by atoms with van der Waals surface area (Å²) < 4.78 is 53.1. The zero-order chi connectivity index (χ0) is 19.4. The molecule has 0 radical (unpaired) electrons. The van der Waals surface area contributed by atoms with Crippen LogP contribution in [0.4, 0.5) is 0 Å². The van der Waals surface area contributed by atoms with Crippen LogP contribution >= 0.6 is 0 Å². The summed E-state index contributed by atoms with van der Waals surface area (Å²) in [5.74, 6) is 0. The predicted octanol–water partition coefficient (Wildman–Crippen LogP) is 0.921. The Morgan fingerprint density at radius 3 is 1.35 bits per heavy atom. The first kappa shape index (κ1) is 20.5. The van der Waals surface area contributed by atoms with Crippen molar-refractivity contribution in [3.05, 3.63) is 59.7 Å². The zero-order valence-electron chi connectivity index (χ0n) is 14.5. The second-order valence-electron chi connectivity index (χ2n) is 5.98. The number of aliphatic hydroxyl groups is 1. The number of aryl methyl sites for hydroxylation is 2. The third-order valence-corrected chi connectivity index (χ3v) is 6.56. The van der Waals surface area contributed by atoms with E-state index in [1.54, 1.807) is 24.3 Å². The molecule has 0 fully saturated rings. The molecule has 0 aliphatic rings. The van der Waals surface area contributed by atoms with E-state index >= 15 is 0 Å². The number of aliphatic hydroxyl groups excluding tert-OH is 1. The predicted molar refractivity (Wildman–Crippen MR) is 98.7 cm³/mol. The SMILES string of the molecule is Cc1ccc(S(=O)(=O)NCC(O)CNS(=O)(=O)c2ccc(C)cc2)cc1. The highest BCUT2D eigenvalue weighted by Gasteiger charge is 2.18. The third-order valence-electron chi connectivity index (χ3n) is 3.68. The van der Waals surface area contributed by atoms with Crippen molar-refractivity contribution in [2.45, 2.75) is 29.7 Å². The lowest BCUT2D eigenvalue weighted by Gasteiger charge is -2.14. The maximum absolute atomic E-state index is 12.1. The number of sulfonamides is 2. The summed E-state index contributed by atoms with van der Waals surface area (Å²) >= 11 is 0. The zero-order valence-corrected chi connectivity index (χ0v) is 16.1. The van der Waals surface area contributed by atoms with Crippen LogP contribution in [0.1, 0.15) is 11.1 Å². The molecule has 0 aliphatic carbocycles. The Hall–Kier alpha value is -1.78. The fraction of sp³-hybridized carbons (Fsp3) is 0.294. The maximum atomic E-state index is 12.1. The second-order valence-corrected chi connectivity index (χ2v) is 9.52. The molecule has 142 valence electrons. The molecule has 0 atom stereocenters. The quantitative estimate of drug-likeness (QED) is 0.612. The molecule has 0 aromatic heterocycles. The lowest BCUT2D eigenvalue weighted by atomic mass is 10.2. The first-order valence-corrected chi connectivity index (χ1v) is 10.9. The number of hydrogen-bond acceptors (Lipinski definition) is 5. The highest BCUT2D eigenvalue weighted by Crippen LogP contribution is 2.11. The Morgan fingerprint density at radius 2 is 1.04 bits per heavy atom. The average molecular weight is 399 g/mol. The van der Waals surface area contributed by atoms with E-state index in [9.17, 15) is 21.9 Å². The van der Waals surface area contributed by atoms with Crippen molar-refractivity contribution in [2.24, 2.45) is 0 Å². The molecule has 0 saturated carbocycles. The van der Waals surface area contributed by atoms with E-state index in [0.29, 0.717) is 0 Å². The fourth-order valence-electron chi connectivity index (χ4n) is 2.09. The van der Waals surface area contributed by atoms with Gasteiger partial charge in [-0.05, 0) is 38.1 Å². The van der Waals surface area contributed by atoms with Crippen molar-refractivity contribution in [2.75, 3.05) is 13.1 Å². The minimum atomic E-state index is -3.77. The van der Waals surface area contributed by atoms with Crippen LogP contribution in [0.25, 0.3) is 0 Å². The van der Waals surface area contributed by atoms with Crippen LogP contribution in [0, 0.1) is 13.8 Å². The smallest absolute Gasteiger partial charge is 0.240 e. The molecule has 0 amide bonds. The largest absolute Gasteiger partial charge is 0.390 e. The molecule has 0 heterocycles. The van der Waals surface area contributed by atoms with Crippen molar-refractivity contribution >= 4 is 20.0 Å². The average Bonchev–Trinajstić information content (AvgIpc) is 2.59. The van der Waals surface area contributed by atoms with Crippen molar-refractivity contribution in [3.63, 3.8) is 0 Å². The lowest BCUT2D eigenvalue weighted by molar-refractivity contribution is 0.182. The van der Waals surface area contributed by atoms with E-state index in [0.717, 1.165) is 11.1 Å². The first-order chi connectivity index (χ1) is 12.1. The summed E-state index contributed by atoms with van der Waals surface area (Å²) in [6, 6.07) is 12.5. The summed E-state index contributed by atoms with van der Waals surface area (Å²) in [7, 11) is -7.54. The molecule has 3 N–H and O–H groups in total. The Labute approximate surface area is 154 Å². The van der Waals surface area contributed by atoms with Crippen LogP contribution < -0.4 is 9.44 Å². The van der Waals surface area contributed by atoms with Gasteiger partial charge in [0, 0.05) is 13.1 Å². The van der Waals surface area contributed by atoms with Crippen LogP contribution in [0.5, 0.6) is 0 Å². The van der Waals surface area contributed by atoms with Gasteiger partial charge in [-0.15, -0.1) is 0 Å². The number of benzene rings is 2. The molecule has 2 aromatic rings. The van der Waals surface area contributed by atoms with Gasteiger partial charge in [0.05, 0.1) is 15.9 Å². The summed E-state index contributed by atoms with van der Waals surface area (Å²) in [5, 5.41) is 9.90. The van der Waals surface area contributed by atoms with Gasteiger partial charge in [0.15, 0.2) is 0 Å². The van der Waals surface area contributed by atoms with Crippen LogP contribution in [-0.4, -0.2) is 41.1 Å². The van der Waals surface area contributed by atoms with Crippen LogP contribution in [-0.2, 0) is 20.0 Å². The fourth-order valence-corrected chi connectivity index (χ4v) is 4.23. The minimum absolute atomic E-state index is 0.0792. The van der Waals surface area contributed by atoms with Crippen molar-refractivity contribution in [1.29, 1.82) is 0 Å². The number of nitrogens with one attached hydrogen (secondary N) is 2. The van der Waals surface area contributed by atoms with Crippen molar-refractivity contribution in [1.82, 2.24) is 9.44 Å². The van der Waals surface area contributed by atoms with Gasteiger partial charge in [-0.2, -0.15) is 0 Å². The third kappa shape index (κ3) is 5.61. The van der Waals surface area contributed by atoms with Gasteiger partial charge in [-0.1, -0.05) is 35.4 Å². The molecular weight excluding hydrogens is 376 g/mol. The van der Waals surface area contributed by atoms with Gasteiger partial charge in [-0.3, -0.25) is 0 Å². The highest BCUT2D eigenvalue weighted by molar-refractivity contribution is 7.89. The van der Waals surface area contributed by atoms with Gasteiger partial charge in [0.1, 0.15) is 0 Å². The van der Waals surface area contributed by atoms with Gasteiger partial charge in [0.2, 0.25) is 20.0 Å². The second kappa shape index (κ2) is 8.28. The molecule has 0 saturated heterocycles. The lowest BCUT2D eigenvalue weighted by Crippen LogP contribution is -2.39. The van der Waals surface area contributed by atoms with E-state index < -0.39 is 26.2 Å². The van der Waals surface area contributed by atoms with E-state index in [1.165, 1.54) is 24.3 Å². The molecule has 26 heavy (non-hydrogen) atoms. The summed E-state index contributed by atoms with van der Waals surface area (Å²) in [4.78, 5) is 0.158. The Morgan fingerprint density at radius 1 is 0.731 bits per heavy atom. The van der Waals surface area contributed by atoms with Gasteiger partial charge >= 0.3 is 0 Å². The summed E-state index contributed by atoms with van der Waals surface area (Å²) in [5.41, 5.74) is 1.85. The van der Waals surface area contributed by atoms with Gasteiger partial charge < -0.3 is 5.11 Å². The van der Waals surface area contributed by atoms with E-state index in [1.807, 2.05) is 13.8 Å². The summed E-state index contributed by atoms with van der Waals surface area (Å²) in [6.07, 6.45) is -1.21.